The van der Waals surface area contributed by atoms with Gasteiger partial charge in [0.15, 0.2) is 0 Å². The monoisotopic (exact) mass is 288 g/mol. The molecule has 1 N–H and O–H groups in total. The standard InChI is InChI=1S/C12H18BrFN2/c1-3-16(4-2)8-7-15-12-9-10(14)5-6-11(12)13/h5-6,9,15H,3-4,7-8H2,1-2H3. The van der Waals surface area contributed by atoms with Gasteiger partial charge in [-0.1, -0.05) is 13.8 Å². The van der Waals surface area contributed by atoms with E-state index < -0.39 is 0 Å². The Hall–Kier alpha value is -0.610. The summed E-state index contributed by atoms with van der Waals surface area (Å²) in [5.41, 5.74) is 0.812. The lowest BCUT2D eigenvalue weighted by Crippen LogP contribution is -2.28. The summed E-state index contributed by atoms with van der Waals surface area (Å²) >= 11 is 3.39. The van der Waals surface area contributed by atoms with Crippen LogP contribution in [-0.4, -0.2) is 31.1 Å². The fourth-order valence-corrected chi connectivity index (χ4v) is 1.91. The zero-order valence-electron chi connectivity index (χ0n) is 9.76. The van der Waals surface area contributed by atoms with E-state index in [4.69, 9.17) is 0 Å². The fraction of sp³-hybridized carbons (Fsp3) is 0.500. The van der Waals surface area contributed by atoms with E-state index in [0.29, 0.717) is 0 Å². The smallest absolute Gasteiger partial charge is 0.125 e. The molecule has 0 fully saturated rings. The van der Waals surface area contributed by atoms with Crippen molar-refractivity contribution in [2.45, 2.75) is 13.8 Å². The van der Waals surface area contributed by atoms with E-state index in [1.165, 1.54) is 12.1 Å². The number of hydrogen-bond donors (Lipinski definition) is 1. The number of nitrogens with one attached hydrogen (secondary N) is 1. The van der Waals surface area contributed by atoms with Gasteiger partial charge in [-0.2, -0.15) is 0 Å². The first kappa shape index (κ1) is 13.5. The predicted octanol–water partition coefficient (Wildman–Crippen LogP) is 3.34. The zero-order valence-corrected chi connectivity index (χ0v) is 11.3. The number of halogens is 2. The Morgan fingerprint density at radius 1 is 1.31 bits per heavy atom. The number of hydrogen-bond acceptors (Lipinski definition) is 2. The molecule has 0 bridgehead atoms. The molecule has 0 spiro atoms. The van der Waals surface area contributed by atoms with Gasteiger partial charge in [0.05, 0.1) is 5.69 Å². The van der Waals surface area contributed by atoms with Crippen molar-refractivity contribution >= 4 is 21.6 Å². The molecule has 0 aliphatic carbocycles. The molecule has 0 aliphatic heterocycles. The normalized spacial score (nSPS) is 10.8. The molecule has 0 unspecified atom stereocenters. The van der Waals surface area contributed by atoms with Crippen molar-refractivity contribution < 1.29 is 4.39 Å². The van der Waals surface area contributed by atoms with Crippen molar-refractivity contribution in [2.24, 2.45) is 0 Å². The molecule has 1 aromatic rings. The van der Waals surface area contributed by atoms with Crippen LogP contribution in [0.1, 0.15) is 13.8 Å². The van der Waals surface area contributed by atoms with Gasteiger partial charge >= 0.3 is 0 Å². The predicted molar refractivity (Wildman–Crippen MR) is 70.4 cm³/mol. The highest BCUT2D eigenvalue weighted by atomic mass is 79.9. The van der Waals surface area contributed by atoms with Gasteiger partial charge < -0.3 is 10.2 Å². The van der Waals surface area contributed by atoms with E-state index >= 15 is 0 Å². The van der Waals surface area contributed by atoms with Crippen LogP contribution in [0.2, 0.25) is 0 Å². The molecule has 2 nitrogen and oxygen atoms in total. The molecule has 90 valence electrons. The van der Waals surface area contributed by atoms with Crippen LogP contribution in [0, 0.1) is 5.82 Å². The van der Waals surface area contributed by atoms with Gasteiger partial charge in [-0.3, -0.25) is 0 Å². The Kier molecular flexibility index (Phi) is 5.77. The van der Waals surface area contributed by atoms with Gasteiger partial charge in [-0.25, -0.2) is 4.39 Å². The van der Waals surface area contributed by atoms with Gasteiger partial charge in [0, 0.05) is 17.6 Å². The number of likely N-dealkylation sites (N-methyl/N-ethyl adjacent to an activating group) is 1. The summed E-state index contributed by atoms with van der Waals surface area (Å²) in [6.45, 7) is 8.16. The molecular weight excluding hydrogens is 271 g/mol. The minimum absolute atomic E-state index is 0.214. The molecule has 4 heteroatoms. The lowest BCUT2D eigenvalue weighted by Gasteiger charge is -2.18. The minimum Gasteiger partial charge on any atom is -0.383 e. The Morgan fingerprint density at radius 3 is 2.62 bits per heavy atom. The second-order valence-corrected chi connectivity index (χ2v) is 4.43. The van der Waals surface area contributed by atoms with Crippen LogP contribution in [0.25, 0.3) is 0 Å². The molecule has 0 aliphatic rings. The second-order valence-electron chi connectivity index (χ2n) is 3.58. The van der Waals surface area contributed by atoms with E-state index in [-0.39, 0.29) is 5.82 Å². The Morgan fingerprint density at radius 2 is 2.00 bits per heavy atom. The average molecular weight is 289 g/mol. The third-order valence-electron chi connectivity index (χ3n) is 2.57. The molecule has 0 atom stereocenters. The van der Waals surface area contributed by atoms with Crippen LogP contribution in [0.3, 0.4) is 0 Å². The lowest BCUT2D eigenvalue weighted by molar-refractivity contribution is 0.316. The summed E-state index contributed by atoms with van der Waals surface area (Å²) < 4.78 is 13.9. The summed E-state index contributed by atoms with van der Waals surface area (Å²) in [7, 11) is 0. The molecule has 16 heavy (non-hydrogen) atoms. The fourth-order valence-electron chi connectivity index (χ4n) is 1.52. The van der Waals surface area contributed by atoms with Gasteiger partial charge in [0.2, 0.25) is 0 Å². The van der Waals surface area contributed by atoms with E-state index in [2.05, 4.69) is 40.0 Å². The Labute approximate surface area is 105 Å². The number of nitrogens with zero attached hydrogens (tertiary/aromatic N) is 1. The van der Waals surface area contributed by atoms with Crippen molar-refractivity contribution in [3.05, 3.63) is 28.5 Å². The number of anilines is 1. The molecule has 1 rings (SSSR count). The van der Waals surface area contributed by atoms with Crippen molar-refractivity contribution in [1.29, 1.82) is 0 Å². The van der Waals surface area contributed by atoms with Gasteiger partial charge in [-0.05, 0) is 47.2 Å². The average Bonchev–Trinajstić information content (AvgIpc) is 2.29. The summed E-state index contributed by atoms with van der Waals surface area (Å²) in [6.07, 6.45) is 0. The van der Waals surface area contributed by atoms with Crippen LogP contribution in [0.4, 0.5) is 10.1 Å². The second kappa shape index (κ2) is 6.86. The largest absolute Gasteiger partial charge is 0.383 e. The topological polar surface area (TPSA) is 15.3 Å². The zero-order chi connectivity index (χ0) is 12.0. The molecular formula is C12H18BrFN2. The summed E-state index contributed by atoms with van der Waals surface area (Å²) in [5, 5.41) is 3.22. The third kappa shape index (κ3) is 4.10. The third-order valence-corrected chi connectivity index (χ3v) is 3.26. The highest BCUT2D eigenvalue weighted by molar-refractivity contribution is 9.10. The number of rotatable bonds is 6. The van der Waals surface area contributed by atoms with Crippen molar-refractivity contribution in [3.63, 3.8) is 0 Å². The van der Waals surface area contributed by atoms with E-state index in [0.717, 1.165) is 36.3 Å². The van der Waals surface area contributed by atoms with Crippen molar-refractivity contribution in [1.82, 2.24) is 4.90 Å². The van der Waals surface area contributed by atoms with Crippen LogP contribution in [0.5, 0.6) is 0 Å². The molecule has 0 amide bonds. The SMILES string of the molecule is CCN(CC)CCNc1cc(F)ccc1Br. The van der Waals surface area contributed by atoms with Crippen LogP contribution < -0.4 is 5.32 Å². The minimum atomic E-state index is -0.214. The molecule has 0 aromatic heterocycles. The van der Waals surface area contributed by atoms with Crippen LogP contribution in [0.15, 0.2) is 22.7 Å². The molecule has 0 saturated heterocycles. The summed E-state index contributed by atoms with van der Waals surface area (Å²) in [5.74, 6) is -0.214. The maximum atomic E-state index is 13.0. The molecule has 1 aromatic carbocycles. The molecule has 0 saturated carbocycles. The van der Waals surface area contributed by atoms with E-state index in [1.807, 2.05) is 0 Å². The molecule has 0 radical (unpaired) electrons. The Balaban J connectivity index is 2.45. The van der Waals surface area contributed by atoms with E-state index in [9.17, 15) is 4.39 Å². The van der Waals surface area contributed by atoms with E-state index in [1.54, 1.807) is 6.07 Å². The quantitative estimate of drug-likeness (QED) is 0.864. The maximum Gasteiger partial charge on any atom is 0.125 e. The summed E-state index contributed by atoms with van der Waals surface area (Å²) in [4.78, 5) is 2.32. The summed E-state index contributed by atoms with van der Waals surface area (Å²) in [6, 6.07) is 4.67. The maximum absolute atomic E-state index is 13.0. The first-order chi connectivity index (χ1) is 7.67. The Bertz CT molecular complexity index is 327. The van der Waals surface area contributed by atoms with Crippen molar-refractivity contribution in [2.75, 3.05) is 31.5 Å². The lowest BCUT2D eigenvalue weighted by atomic mass is 10.3. The highest BCUT2D eigenvalue weighted by Crippen LogP contribution is 2.22. The van der Waals surface area contributed by atoms with Crippen molar-refractivity contribution in [3.8, 4) is 0 Å². The first-order valence-corrected chi connectivity index (χ1v) is 6.38. The van der Waals surface area contributed by atoms with Gasteiger partial charge in [0.1, 0.15) is 5.82 Å². The highest BCUT2D eigenvalue weighted by Gasteiger charge is 2.02. The van der Waals surface area contributed by atoms with Gasteiger partial charge in [-0.15, -0.1) is 0 Å². The first-order valence-electron chi connectivity index (χ1n) is 5.58. The van der Waals surface area contributed by atoms with Crippen LogP contribution in [-0.2, 0) is 0 Å². The van der Waals surface area contributed by atoms with Gasteiger partial charge in [0.25, 0.3) is 0 Å². The number of benzene rings is 1. The van der Waals surface area contributed by atoms with Crippen LogP contribution >= 0.6 is 15.9 Å². The molecule has 0 heterocycles.